The van der Waals surface area contributed by atoms with E-state index in [1.807, 2.05) is 12.1 Å². The molecule has 0 bridgehead atoms. The number of sulfonamides is 1. The van der Waals surface area contributed by atoms with Crippen molar-refractivity contribution in [3.63, 3.8) is 0 Å². The van der Waals surface area contributed by atoms with Crippen molar-refractivity contribution in [2.45, 2.75) is 51.7 Å². The Morgan fingerprint density at radius 2 is 1.97 bits per heavy atom. The number of hydrogen-bond donors (Lipinski definition) is 3. The Morgan fingerprint density at radius 1 is 1.18 bits per heavy atom. The van der Waals surface area contributed by atoms with Gasteiger partial charge in [-0.05, 0) is 67.5 Å². The lowest BCUT2D eigenvalue weighted by atomic mass is 9.86. The zero-order chi connectivity index (χ0) is 27.1. The fourth-order valence-electron chi connectivity index (χ4n) is 4.40. The fraction of sp³-hybridized carbons (Fsp3) is 0.500. The third kappa shape index (κ3) is 8.00. The molecule has 0 atom stereocenters. The number of aryl methyl sites for hydroxylation is 1. The molecular weight excluding hydrogens is 512 g/mol. The smallest absolute Gasteiger partial charge is 0.270 e. The number of aliphatic hydroxyl groups excluding tert-OH is 1. The first-order valence-electron chi connectivity index (χ1n) is 12.4. The maximum atomic E-state index is 12.8. The standard InChI is InChI=1S/C24H32N8O5S/c1-16-26-21(13-22(27-16)24(34)25-14-18-4-3-5-20(12-18)37-11-10-33)23-28-31-32(29-23)15-17-6-8-19(9-7-17)30-38(2,35)36/h3-5,12-13,17,19,30,33H,6-11,14-15H2,1-2H3,(H,25,34). The van der Waals surface area contributed by atoms with Crippen molar-refractivity contribution in [3.8, 4) is 17.3 Å². The van der Waals surface area contributed by atoms with Crippen molar-refractivity contribution in [2.75, 3.05) is 19.5 Å². The molecule has 1 aliphatic rings. The van der Waals surface area contributed by atoms with Crippen LogP contribution in [0.25, 0.3) is 11.5 Å². The van der Waals surface area contributed by atoms with E-state index >= 15 is 0 Å². The number of aliphatic hydroxyl groups is 1. The zero-order valence-electron chi connectivity index (χ0n) is 21.4. The van der Waals surface area contributed by atoms with Crippen LogP contribution in [-0.4, -0.2) is 75.1 Å². The largest absolute Gasteiger partial charge is 0.491 e. The average molecular weight is 545 g/mol. The molecule has 13 nitrogen and oxygen atoms in total. The summed E-state index contributed by atoms with van der Waals surface area (Å²) in [5.74, 6) is 1.26. The van der Waals surface area contributed by atoms with Crippen molar-refractivity contribution in [1.82, 2.24) is 40.2 Å². The topological polar surface area (TPSA) is 174 Å². The Hall–Kier alpha value is -3.49. The number of benzene rings is 1. The SMILES string of the molecule is Cc1nc(C(=O)NCc2cccc(OCCO)c2)cc(-c2nnn(CC3CCC(NS(C)(=O)=O)CC3)n2)n1. The Bertz CT molecular complexity index is 1360. The summed E-state index contributed by atoms with van der Waals surface area (Å²) in [6.07, 6.45) is 4.43. The van der Waals surface area contributed by atoms with E-state index in [0.29, 0.717) is 35.6 Å². The second-order valence-electron chi connectivity index (χ2n) is 9.36. The van der Waals surface area contributed by atoms with Gasteiger partial charge in [0.05, 0.1) is 19.4 Å². The van der Waals surface area contributed by atoms with Gasteiger partial charge in [-0.1, -0.05) is 12.1 Å². The number of tetrazole rings is 1. The third-order valence-electron chi connectivity index (χ3n) is 6.11. The molecule has 0 unspecified atom stereocenters. The molecule has 4 rings (SSSR count). The first-order valence-corrected chi connectivity index (χ1v) is 14.3. The van der Waals surface area contributed by atoms with Gasteiger partial charge in [-0.3, -0.25) is 4.79 Å². The van der Waals surface area contributed by atoms with Gasteiger partial charge in [0.1, 0.15) is 29.6 Å². The average Bonchev–Trinajstić information content (AvgIpc) is 3.35. The van der Waals surface area contributed by atoms with Crippen LogP contribution in [-0.2, 0) is 23.1 Å². The number of nitrogens with one attached hydrogen (secondary N) is 2. The molecule has 204 valence electrons. The van der Waals surface area contributed by atoms with Gasteiger partial charge in [-0.25, -0.2) is 23.1 Å². The Kier molecular flexibility index (Phi) is 8.97. The summed E-state index contributed by atoms with van der Waals surface area (Å²) in [4.78, 5) is 23.0. The van der Waals surface area contributed by atoms with E-state index < -0.39 is 10.0 Å². The van der Waals surface area contributed by atoms with Crippen LogP contribution in [0.1, 0.15) is 47.6 Å². The van der Waals surface area contributed by atoms with Crippen LogP contribution in [0.4, 0.5) is 0 Å². The second-order valence-corrected chi connectivity index (χ2v) is 11.1. The number of nitrogens with zero attached hydrogens (tertiary/aromatic N) is 6. The van der Waals surface area contributed by atoms with Crippen LogP contribution in [0.2, 0.25) is 0 Å². The normalized spacial score (nSPS) is 17.8. The molecule has 1 saturated carbocycles. The zero-order valence-corrected chi connectivity index (χ0v) is 22.2. The highest BCUT2D eigenvalue weighted by molar-refractivity contribution is 7.88. The van der Waals surface area contributed by atoms with E-state index in [4.69, 9.17) is 9.84 Å². The van der Waals surface area contributed by atoms with Crippen LogP contribution >= 0.6 is 0 Å². The molecule has 0 saturated heterocycles. The number of aromatic nitrogens is 6. The predicted molar refractivity (Wildman–Crippen MR) is 137 cm³/mol. The van der Waals surface area contributed by atoms with Gasteiger partial charge < -0.3 is 15.2 Å². The van der Waals surface area contributed by atoms with E-state index in [0.717, 1.165) is 31.2 Å². The van der Waals surface area contributed by atoms with Crippen molar-refractivity contribution in [2.24, 2.45) is 5.92 Å². The molecule has 1 fully saturated rings. The Labute approximate surface area is 221 Å². The summed E-state index contributed by atoms with van der Waals surface area (Å²) in [5, 5.41) is 24.5. The van der Waals surface area contributed by atoms with Gasteiger partial charge in [0.15, 0.2) is 0 Å². The number of ether oxygens (including phenoxy) is 1. The molecule has 14 heteroatoms. The van der Waals surface area contributed by atoms with Crippen molar-refractivity contribution < 1.29 is 23.1 Å². The Morgan fingerprint density at radius 3 is 2.71 bits per heavy atom. The number of rotatable bonds is 11. The van der Waals surface area contributed by atoms with Crippen LogP contribution in [0.15, 0.2) is 30.3 Å². The maximum Gasteiger partial charge on any atom is 0.270 e. The molecular formula is C24H32N8O5S. The highest BCUT2D eigenvalue weighted by atomic mass is 32.2. The van der Waals surface area contributed by atoms with E-state index in [2.05, 4.69) is 35.4 Å². The molecule has 1 amide bonds. The summed E-state index contributed by atoms with van der Waals surface area (Å²) in [5.41, 5.74) is 1.42. The predicted octanol–water partition coefficient (Wildman–Crippen LogP) is 0.848. The van der Waals surface area contributed by atoms with Crippen molar-refractivity contribution in [1.29, 1.82) is 0 Å². The molecule has 2 aromatic heterocycles. The lowest BCUT2D eigenvalue weighted by Gasteiger charge is -2.27. The van der Waals surface area contributed by atoms with Crippen LogP contribution in [0, 0.1) is 12.8 Å². The number of carbonyl (C=O) groups is 1. The number of carbonyl (C=O) groups excluding carboxylic acids is 1. The van der Waals surface area contributed by atoms with Gasteiger partial charge in [0.25, 0.3) is 5.91 Å². The van der Waals surface area contributed by atoms with Crippen LogP contribution in [0.3, 0.4) is 0 Å². The summed E-state index contributed by atoms with van der Waals surface area (Å²) >= 11 is 0. The minimum Gasteiger partial charge on any atom is -0.491 e. The first-order chi connectivity index (χ1) is 18.2. The summed E-state index contributed by atoms with van der Waals surface area (Å²) < 4.78 is 31.0. The van der Waals surface area contributed by atoms with Gasteiger partial charge in [-0.15, -0.1) is 10.2 Å². The van der Waals surface area contributed by atoms with E-state index in [1.165, 1.54) is 17.1 Å². The molecule has 1 aliphatic carbocycles. The van der Waals surface area contributed by atoms with Crippen molar-refractivity contribution in [3.05, 3.63) is 47.4 Å². The minimum atomic E-state index is -3.21. The lowest BCUT2D eigenvalue weighted by molar-refractivity contribution is 0.0945. The lowest BCUT2D eigenvalue weighted by Crippen LogP contribution is -2.37. The quantitative estimate of drug-likeness (QED) is 0.314. The molecule has 3 N–H and O–H groups in total. The van der Waals surface area contributed by atoms with Gasteiger partial charge in [0, 0.05) is 12.6 Å². The third-order valence-corrected chi connectivity index (χ3v) is 6.87. The Balaban J connectivity index is 1.35. The second kappa shape index (κ2) is 12.4. The summed E-state index contributed by atoms with van der Waals surface area (Å²) in [7, 11) is -3.21. The van der Waals surface area contributed by atoms with Gasteiger partial charge in [-0.2, -0.15) is 4.80 Å². The van der Waals surface area contributed by atoms with E-state index in [9.17, 15) is 13.2 Å². The maximum absolute atomic E-state index is 12.8. The van der Waals surface area contributed by atoms with E-state index in [1.54, 1.807) is 19.1 Å². The molecule has 2 heterocycles. The fourth-order valence-corrected chi connectivity index (χ4v) is 5.24. The summed E-state index contributed by atoms with van der Waals surface area (Å²) in [6, 6.07) is 8.75. The summed E-state index contributed by atoms with van der Waals surface area (Å²) in [6.45, 7) is 2.64. The molecule has 3 aromatic rings. The number of amides is 1. The van der Waals surface area contributed by atoms with Gasteiger partial charge >= 0.3 is 0 Å². The highest BCUT2D eigenvalue weighted by Gasteiger charge is 2.24. The number of hydrogen-bond acceptors (Lipinski definition) is 10. The molecule has 0 spiro atoms. The monoisotopic (exact) mass is 544 g/mol. The van der Waals surface area contributed by atoms with E-state index in [-0.39, 0.29) is 37.4 Å². The van der Waals surface area contributed by atoms with Crippen molar-refractivity contribution >= 4 is 15.9 Å². The first kappa shape index (κ1) is 27.5. The van der Waals surface area contributed by atoms with Crippen LogP contribution < -0.4 is 14.8 Å². The molecule has 0 aliphatic heterocycles. The highest BCUT2D eigenvalue weighted by Crippen LogP contribution is 2.26. The molecule has 38 heavy (non-hydrogen) atoms. The molecule has 0 radical (unpaired) electrons. The van der Waals surface area contributed by atoms with Crippen LogP contribution in [0.5, 0.6) is 5.75 Å². The van der Waals surface area contributed by atoms with Gasteiger partial charge in [0.2, 0.25) is 15.8 Å². The molecule has 1 aromatic carbocycles. The minimum absolute atomic E-state index is 0.0300.